The number of aliphatic hydroxyl groups is 1. The van der Waals surface area contributed by atoms with E-state index in [1.54, 1.807) is 0 Å². The Labute approximate surface area is 115 Å². The summed E-state index contributed by atoms with van der Waals surface area (Å²) in [6.07, 6.45) is 4.28. The highest BCUT2D eigenvalue weighted by atomic mass is 35.5. The van der Waals surface area contributed by atoms with E-state index in [0.29, 0.717) is 0 Å². The molecule has 0 saturated heterocycles. The molecule has 0 radical (unpaired) electrons. The standard InChI is InChI=1S/C15H22ClNO/c1-2-10-17(14-7-8-14)11-9-15(18)12-3-5-13(16)6-4-12/h3-6,14-15,18H,2,7-11H2,1H3. The van der Waals surface area contributed by atoms with Gasteiger partial charge in [0.25, 0.3) is 0 Å². The van der Waals surface area contributed by atoms with Crippen molar-refractivity contribution in [3.05, 3.63) is 34.9 Å². The average molecular weight is 268 g/mol. The Balaban J connectivity index is 1.82. The van der Waals surface area contributed by atoms with E-state index in [0.717, 1.165) is 36.1 Å². The number of hydrogen-bond donors (Lipinski definition) is 1. The van der Waals surface area contributed by atoms with Crippen molar-refractivity contribution in [2.24, 2.45) is 0 Å². The molecule has 1 aliphatic rings. The monoisotopic (exact) mass is 267 g/mol. The van der Waals surface area contributed by atoms with E-state index >= 15 is 0 Å². The van der Waals surface area contributed by atoms with Gasteiger partial charge in [-0.15, -0.1) is 0 Å². The minimum absolute atomic E-state index is 0.375. The minimum Gasteiger partial charge on any atom is -0.388 e. The molecule has 0 amide bonds. The zero-order valence-corrected chi connectivity index (χ0v) is 11.7. The topological polar surface area (TPSA) is 23.5 Å². The van der Waals surface area contributed by atoms with E-state index < -0.39 is 0 Å². The summed E-state index contributed by atoms with van der Waals surface area (Å²) >= 11 is 5.85. The summed E-state index contributed by atoms with van der Waals surface area (Å²) in [5.74, 6) is 0. The summed E-state index contributed by atoms with van der Waals surface area (Å²) in [6.45, 7) is 4.35. The Bertz CT molecular complexity index is 361. The van der Waals surface area contributed by atoms with Gasteiger partial charge in [0.05, 0.1) is 6.10 Å². The molecule has 0 aliphatic heterocycles. The molecule has 18 heavy (non-hydrogen) atoms. The molecular weight excluding hydrogens is 246 g/mol. The summed E-state index contributed by atoms with van der Waals surface area (Å²) in [5, 5.41) is 10.9. The second kappa shape index (κ2) is 6.55. The predicted octanol–water partition coefficient (Wildman–Crippen LogP) is 3.64. The van der Waals surface area contributed by atoms with Gasteiger partial charge in [-0.1, -0.05) is 30.7 Å². The van der Waals surface area contributed by atoms with Crippen molar-refractivity contribution < 1.29 is 5.11 Å². The smallest absolute Gasteiger partial charge is 0.0802 e. The average Bonchev–Trinajstić information content (AvgIpc) is 3.19. The SMILES string of the molecule is CCCN(CCC(O)c1ccc(Cl)cc1)C1CC1. The highest BCUT2D eigenvalue weighted by molar-refractivity contribution is 6.30. The third-order valence-corrected chi connectivity index (χ3v) is 3.77. The van der Waals surface area contributed by atoms with Crippen LogP contribution in [0.2, 0.25) is 5.02 Å². The number of halogens is 1. The van der Waals surface area contributed by atoms with Crippen molar-refractivity contribution in [2.45, 2.75) is 44.8 Å². The largest absolute Gasteiger partial charge is 0.388 e. The second-order valence-electron chi connectivity index (χ2n) is 5.12. The lowest BCUT2D eigenvalue weighted by Gasteiger charge is -2.22. The Hall–Kier alpha value is -0.570. The van der Waals surface area contributed by atoms with Crippen molar-refractivity contribution in [1.29, 1.82) is 0 Å². The Morgan fingerprint density at radius 3 is 2.50 bits per heavy atom. The first kappa shape index (κ1) is 13.9. The van der Waals surface area contributed by atoms with Crippen LogP contribution in [0.15, 0.2) is 24.3 Å². The Morgan fingerprint density at radius 1 is 1.28 bits per heavy atom. The highest BCUT2D eigenvalue weighted by Gasteiger charge is 2.28. The number of aliphatic hydroxyl groups excluding tert-OH is 1. The van der Waals surface area contributed by atoms with Gasteiger partial charge in [-0.3, -0.25) is 0 Å². The second-order valence-corrected chi connectivity index (χ2v) is 5.56. The molecule has 0 aromatic heterocycles. The van der Waals surface area contributed by atoms with Crippen molar-refractivity contribution in [2.75, 3.05) is 13.1 Å². The molecule has 0 spiro atoms. The van der Waals surface area contributed by atoms with Crippen molar-refractivity contribution in [3.63, 3.8) is 0 Å². The summed E-state index contributed by atoms with van der Waals surface area (Å²) in [4.78, 5) is 2.51. The third kappa shape index (κ3) is 3.98. The van der Waals surface area contributed by atoms with Crippen LogP contribution >= 0.6 is 11.6 Å². The molecule has 1 aromatic carbocycles. The van der Waals surface area contributed by atoms with Gasteiger partial charge in [-0.25, -0.2) is 0 Å². The maximum absolute atomic E-state index is 10.2. The van der Waals surface area contributed by atoms with Crippen LogP contribution in [0.4, 0.5) is 0 Å². The summed E-state index contributed by atoms with van der Waals surface area (Å²) in [7, 11) is 0. The molecule has 1 atom stereocenters. The fourth-order valence-electron chi connectivity index (χ4n) is 2.34. The maximum Gasteiger partial charge on any atom is 0.0802 e. The van der Waals surface area contributed by atoms with E-state index in [2.05, 4.69) is 11.8 Å². The van der Waals surface area contributed by atoms with Crippen LogP contribution in [0.3, 0.4) is 0 Å². The first-order valence-electron chi connectivity index (χ1n) is 6.88. The van der Waals surface area contributed by atoms with E-state index in [9.17, 15) is 5.11 Å². The minimum atomic E-state index is -0.375. The molecule has 3 heteroatoms. The molecule has 2 rings (SSSR count). The fourth-order valence-corrected chi connectivity index (χ4v) is 2.47. The maximum atomic E-state index is 10.2. The summed E-state index contributed by atoms with van der Waals surface area (Å²) < 4.78 is 0. The van der Waals surface area contributed by atoms with Gasteiger partial charge in [0.1, 0.15) is 0 Å². The lowest BCUT2D eigenvalue weighted by atomic mass is 10.1. The quantitative estimate of drug-likeness (QED) is 0.815. The highest BCUT2D eigenvalue weighted by Crippen LogP contribution is 2.28. The van der Waals surface area contributed by atoms with E-state index in [1.807, 2.05) is 24.3 Å². The molecule has 1 saturated carbocycles. The van der Waals surface area contributed by atoms with Crippen LogP contribution in [0.5, 0.6) is 0 Å². The third-order valence-electron chi connectivity index (χ3n) is 3.52. The number of nitrogens with zero attached hydrogens (tertiary/aromatic N) is 1. The first-order chi connectivity index (χ1) is 8.70. The lowest BCUT2D eigenvalue weighted by Crippen LogP contribution is -2.29. The molecule has 0 heterocycles. The molecule has 2 nitrogen and oxygen atoms in total. The first-order valence-corrected chi connectivity index (χ1v) is 7.26. The van der Waals surface area contributed by atoms with Crippen LogP contribution in [0.1, 0.15) is 44.3 Å². The van der Waals surface area contributed by atoms with Gasteiger partial charge >= 0.3 is 0 Å². The van der Waals surface area contributed by atoms with Crippen molar-refractivity contribution in [1.82, 2.24) is 4.90 Å². The number of benzene rings is 1. The summed E-state index contributed by atoms with van der Waals surface area (Å²) in [5.41, 5.74) is 0.964. The van der Waals surface area contributed by atoms with Crippen LogP contribution in [0, 0.1) is 0 Å². The zero-order chi connectivity index (χ0) is 13.0. The Morgan fingerprint density at radius 2 is 1.94 bits per heavy atom. The van der Waals surface area contributed by atoms with Crippen LogP contribution < -0.4 is 0 Å². The molecule has 1 aliphatic carbocycles. The fraction of sp³-hybridized carbons (Fsp3) is 0.600. The lowest BCUT2D eigenvalue weighted by molar-refractivity contribution is 0.139. The zero-order valence-electron chi connectivity index (χ0n) is 11.0. The Kier molecular flexibility index (Phi) is 5.04. The van der Waals surface area contributed by atoms with E-state index in [4.69, 9.17) is 11.6 Å². The van der Waals surface area contributed by atoms with Gasteiger partial charge in [0.15, 0.2) is 0 Å². The molecule has 1 unspecified atom stereocenters. The van der Waals surface area contributed by atoms with Gasteiger partial charge in [0, 0.05) is 17.6 Å². The molecule has 0 bridgehead atoms. The van der Waals surface area contributed by atoms with Crippen molar-refractivity contribution >= 4 is 11.6 Å². The molecule has 100 valence electrons. The molecule has 1 fully saturated rings. The van der Waals surface area contributed by atoms with Gasteiger partial charge < -0.3 is 10.0 Å². The predicted molar refractivity (Wildman–Crippen MR) is 75.9 cm³/mol. The van der Waals surface area contributed by atoms with Gasteiger partial charge in [0.2, 0.25) is 0 Å². The van der Waals surface area contributed by atoms with Crippen LogP contribution in [-0.2, 0) is 0 Å². The van der Waals surface area contributed by atoms with Crippen LogP contribution in [-0.4, -0.2) is 29.1 Å². The van der Waals surface area contributed by atoms with Gasteiger partial charge in [-0.2, -0.15) is 0 Å². The van der Waals surface area contributed by atoms with Crippen LogP contribution in [0.25, 0.3) is 0 Å². The summed E-state index contributed by atoms with van der Waals surface area (Å²) in [6, 6.07) is 8.28. The molecule has 1 N–H and O–H groups in total. The normalized spacial score (nSPS) is 17.1. The van der Waals surface area contributed by atoms with Gasteiger partial charge in [-0.05, 0) is 49.9 Å². The van der Waals surface area contributed by atoms with E-state index in [1.165, 1.54) is 19.3 Å². The number of rotatable bonds is 7. The molecule has 1 aromatic rings. The van der Waals surface area contributed by atoms with Crippen molar-refractivity contribution in [3.8, 4) is 0 Å². The van der Waals surface area contributed by atoms with E-state index in [-0.39, 0.29) is 6.10 Å². The number of hydrogen-bond acceptors (Lipinski definition) is 2. The molecular formula is C15H22ClNO.